The first-order valence-corrected chi connectivity index (χ1v) is 16.3. The van der Waals surface area contributed by atoms with Crippen LogP contribution < -0.4 is 9.80 Å². The zero-order chi connectivity index (χ0) is 28.5. The topological polar surface area (TPSA) is 6.48 Å². The van der Waals surface area contributed by atoms with E-state index in [2.05, 4.69) is 169 Å². The van der Waals surface area contributed by atoms with Crippen LogP contribution in [0.4, 0.5) is 34.1 Å². The maximum absolute atomic E-state index is 2.39. The van der Waals surface area contributed by atoms with Crippen LogP contribution in [0.3, 0.4) is 0 Å². The van der Waals surface area contributed by atoms with Crippen LogP contribution in [0.5, 0.6) is 0 Å². The smallest absolute Gasteiger partial charge is 0.0497 e. The molecule has 0 aliphatic carbocycles. The van der Waals surface area contributed by atoms with Gasteiger partial charge in [-0.25, -0.2) is 0 Å². The van der Waals surface area contributed by atoms with Gasteiger partial charge in [-0.05, 0) is 109 Å². The second-order valence-electron chi connectivity index (χ2n) is 10.4. The van der Waals surface area contributed by atoms with Crippen molar-refractivity contribution >= 4 is 55.7 Å². The third-order valence-corrected chi connectivity index (χ3v) is 10.1. The Bertz CT molecular complexity index is 1620. The number of hydrogen-bond acceptors (Lipinski definition) is 4. The summed E-state index contributed by atoms with van der Waals surface area (Å²) in [6, 6.07) is 52.1. The van der Waals surface area contributed by atoms with Gasteiger partial charge in [-0.15, -0.1) is 0 Å². The molecular formula is C38H30N2S2. The highest BCUT2D eigenvalue weighted by Crippen LogP contribution is 2.55. The fourth-order valence-corrected chi connectivity index (χ4v) is 8.15. The van der Waals surface area contributed by atoms with Crippen LogP contribution in [0.15, 0.2) is 155 Å². The van der Waals surface area contributed by atoms with Crippen molar-refractivity contribution in [3.05, 3.63) is 157 Å². The average Bonchev–Trinajstić information content (AvgIpc) is 3.04. The fourth-order valence-electron chi connectivity index (χ4n) is 5.63. The Hall–Kier alpha value is -4.38. The Morgan fingerprint density at radius 2 is 0.667 bits per heavy atom. The number of benzene rings is 6. The van der Waals surface area contributed by atoms with E-state index in [-0.39, 0.29) is 0 Å². The summed E-state index contributed by atoms with van der Waals surface area (Å²) in [6.45, 7) is 4.45. The lowest BCUT2D eigenvalue weighted by atomic mass is 9.98. The fraction of sp³-hybridized carbons (Fsp3) is 0.0526. The van der Waals surface area contributed by atoms with Crippen molar-refractivity contribution < 1.29 is 0 Å². The number of rotatable bonds is 6. The van der Waals surface area contributed by atoms with Gasteiger partial charge in [0.2, 0.25) is 0 Å². The average molecular weight is 579 g/mol. The van der Waals surface area contributed by atoms with Gasteiger partial charge in [0.15, 0.2) is 0 Å². The Morgan fingerprint density at radius 1 is 0.381 bits per heavy atom. The molecule has 0 aromatic heterocycles. The van der Waals surface area contributed by atoms with E-state index in [9.17, 15) is 0 Å². The lowest BCUT2D eigenvalue weighted by Crippen LogP contribution is -2.13. The van der Waals surface area contributed by atoms with Crippen molar-refractivity contribution in [2.75, 3.05) is 9.80 Å². The molecule has 0 atom stereocenters. The summed E-state index contributed by atoms with van der Waals surface area (Å²) in [5.41, 5.74) is 12.0. The van der Waals surface area contributed by atoms with Crippen LogP contribution in [0.2, 0.25) is 0 Å². The van der Waals surface area contributed by atoms with Gasteiger partial charge < -0.3 is 9.80 Å². The quantitative estimate of drug-likeness (QED) is 0.181. The van der Waals surface area contributed by atoms with E-state index in [1.165, 1.54) is 43.4 Å². The van der Waals surface area contributed by atoms with Gasteiger partial charge in [0.25, 0.3) is 0 Å². The molecular weight excluding hydrogens is 549 g/mol. The third kappa shape index (κ3) is 4.98. The number of nitrogens with zero attached hydrogens (tertiary/aromatic N) is 2. The van der Waals surface area contributed by atoms with Crippen LogP contribution in [0.25, 0.3) is 11.1 Å². The van der Waals surface area contributed by atoms with Gasteiger partial charge in [0.05, 0.1) is 0 Å². The van der Waals surface area contributed by atoms with Crippen molar-refractivity contribution in [2.45, 2.75) is 23.6 Å². The van der Waals surface area contributed by atoms with Crippen LogP contribution in [-0.2, 0) is 0 Å². The van der Waals surface area contributed by atoms with Gasteiger partial charge in [0, 0.05) is 43.9 Å². The lowest BCUT2D eigenvalue weighted by molar-refractivity contribution is 1.21. The highest BCUT2D eigenvalue weighted by molar-refractivity contribution is 8.76. The lowest BCUT2D eigenvalue weighted by Gasteiger charge is -2.31. The first-order valence-electron chi connectivity index (χ1n) is 14.1. The highest BCUT2D eigenvalue weighted by Gasteiger charge is 2.25. The van der Waals surface area contributed by atoms with E-state index in [1.54, 1.807) is 0 Å². The summed E-state index contributed by atoms with van der Waals surface area (Å²) in [6.07, 6.45) is 0. The summed E-state index contributed by atoms with van der Waals surface area (Å²) in [4.78, 5) is 7.35. The summed E-state index contributed by atoms with van der Waals surface area (Å²) in [7, 11) is 3.72. The molecule has 204 valence electrons. The normalized spacial score (nSPS) is 11.9. The highest BCUT2D eigenvalue weighted by atomic mass is 33.1. The van der Waals surface area contributed by atoms with Gasteiger partial charge in [-0.3, -0.25) is 0 Å². The predicted molar refractivity (Wildman–Crippen MR) is 182 cm³/mol. The van der Waals surface area contributed by atoms with Crippen LogP contribution >= 0.6 is 21.6 Å². The Morgan fingerprint density at radius 3 is 0.952 bits per heavy atom. The van der Waals surface area contributed by atoms with E-state index in [0.29, 0.717) is 0 Å². The maximum Gasteiger partial charge on any atom is 0.0497 e. The van der Waals surface area contributed by atoms with Crippen LogP contribution in [-0.4, -0.2) is 0 Å². The molecule has 6 aromatic carbocycles. The molecule has 1 heterocycles. The molecule has 0 amide bonds. The van der Waals surface area contributed by atoms with Gasteiger partial charge in [0.1, 0.15) is 0 Å². The van der Waals surface area contributed by atoms with E-state index >= 15 is 0 Å². The molecule has 0 bridgehead atoms. The van der Waals surface area contributed by atoms with E-state index in [0.717, 1.165) is 22.7 Å². The molecule has 2 nitrogen and oxygen atoms in total. The molecule has 0 saturated carbocycles. The van der Waals surface area contributed by atoms with Crippen molar-refractivity contribution in [2.24, 2.45) is 0 Å². The number of anilines is 6. The minimum atomic E-state index is 1.15. The Kier molecular flexibility index (Phi) is 7.25. The maximum atomic E-state index is 2.39. The van der Waals surface area contributed by atoms with Crippen LogP contribution in [0, 0.1) is 13.8 Å². The van der Waals surface area contributed by atoms with Crippen LogP contribution in [0.1, 0.15) is 11.1 Å². The zero-order valence-electron chi connectivity index (χ0n) is 23.6. The molecule has 4 heteroatoms. The number of fused-ring (bicyclic) bond motifs is 3. The summed E-state index contributed by atoms with van der Waals surface area (Å²) in [5, 5.41) is 0. The first kappa shape index (κ1) is 26.5. The van der Waals surface area contributed by atoms with Crippen molar-refractivity contribution in [1.29, 1.82) is 0 Å². The van der Waals surface area contributed by atoms with Crippen molar-refractivity contribution in [3.63, 3.8) is 0 Å². The molecule has 1 aliphatic rings. The molecule has 0 N–H and O–H groups in total. The molecule has 42 heavy (non-hydrogen) atoms. The molecule has 0 saturated heterocycles. The minimum absolute atomic E-state index is 1.15. The van der Waals surface area contributed by atoms with Gasteiger partial charge >= 0.3 is 0 Å². The molecule has 0 fully saturated rings. The SMILES string of the molecule is Cc1cc2c(cc1N(c1ccccc1)c1ccccc1)-c1cc(N(c3ccccc3)c3ccccc3)c(C)cc1SS2. The Balaban J connectivity index is 1.42. The van der Waals surface area contributed by atoms with E-state index in [4.69, 9.17) is 0 Å². The zero-order valence-corrected chi connectivity index (χ0v) is 25.2. The molecule has 0 radical (unpaired) electrons. The van der Waals surface area contributed by atoms with Crippen molar-refractivity contribution in [1.82, 2.24) is 0 Å². The summed E-state index contributed by atoms with van der Waals surface area (Å²) >= 11 is 0. The largest absolute Gasteiger partial charge is 0.310 e. The van der Waals surface area contributed by atoms with Gasteiger partial charge in [-0.2, -0.15) is 0 Å². The summed E-state index contributed by atoms with van der Waals surface area (Å²) in [5.74, 6) is 0. The monoisotopic (exact) mass is 578 g/mol. The van der Waals surface area contributed by atoms with Gasteiger partial charge in [-0.1, -0.05) is 94.4 Å². The standard InChI is InChI=1S/C38H30N2S2/c1-27-23-37-33(25-35(27)39(29-15-7-3-8-16-29)30-17-9-4-10-18-30)34-26-36(28(2)24-38(34)42-41-37)40(31-19-11-5-12-20-31)32-21-13-6-14-22-32/h3-26H,1-2H3. The minimum Gasteiger partial charge on any atom is -0.310 e. The number of para-hydroxylation sites is 4. The molecule has 1 aliphatic heterocycles. The Labute approximate surface area is 256 Å². The molecule has 6 aromatic rings. The number of aryl methyl sites for hydroxylation is 2. The van der Waals surface area contributed by atoms with Crippen molar-refractivity contribution in [3.8, 4) is 11.1 Å². The molecule has 0 spiro atoms. The molecule has 7 rings (SSSR count). The second-order valence-corrected chi connectivity index (χ2v) is 12.7. The second kappa shape index (κ2) is 11.5. The molecule has 0 unspecified atom stereocenters. The van der Waals surface area contributed by atoms with E-state index in [1.807, 2.05) is 21.6 Å². The number of hydrogen-bond donors (Lipinski definition) is 0. The predicted octanol–water partition coefficient (Wildman–Crippen LogP) is 12.0. The third-order valence-electron chi connectivity index (χ3n) is 7.65. The first-order chi connectivity index (χ1) is 20.7. The van der Waals surface area contributed by atoms with E-state index < -0.39 is 0 Å². The summed E-state index contributed by atoms with van der Waals surface area (Å²) < 4.78 is 0.